The second-order valence-electron chi connectivity index (χ2n) is 4.36. The van der Waals surface area contributed by atoms with Crippen LogP contribution in [0.25, 0.3) is 0 Å². The molecule has 0 atom stereocenters. The summed E-state index contributed by atoms with van der Waals surface area (Å²) in [7, 11) is 0. The highest BCUT2D eigenvalue weighted by Gasteiger charge is 2.03. The Bertz CT molecular complexity index is 395. The Morgan fingerprint density at radius 2 is 2.05 bits per heavy atom. The summed E-state index contributed by atoms with van der Waals surface area (Å²) in [5.41, 5.74) is 6.25. The van der Waals surface area contributed by atoms with E-state index in [4.69, 9.17) is 19.9 Å². The number of ether oxygens (including phenoxy) is 3. The number of anilines is 1. The van der Waals surface area contributed by atoms with Crippen LogP contribution >= 0.6 is 0 Å². The molecule has 0 bridgehead atoms. The minimum Gasteiger partial charge on any atom is -0.493 e. The van der Waals surface area contributed by atoms with Crippen molar-refractivity contribution < 1.29 is 19.0 Å². The van der Waals surface area contributed by atoms with Crippen molar-refractivity contribution in [3.05, 3.63) is 24.3 Å². The van der Waals surface area contributed by atoms with Crippen molar-refractivity contribution in [1.29, 1.82) is 0 Å². The van der Waals surface area contributed by atoms with E-state index in [9.17, 15) is 4.79 Å². The molecule has 1 aromatic carbocycles. The number of nitrogens with two attached hydrogens (primary N) is 1. The van der Waals surface area contributed by atoms with Gasteiger partial charge >= 0.3 is 5.97 Å². The molecule has 0 saturated heterocycles. The summed E-state index contributed by atoms with van der Waals surface area (Å²) >= 11 is 0. The van der Waals surface area contributed by atoms with Crippen LogP contribution in [-0.4, -0.2) is 32.4 Å². The summed E-state index contributed by atoms with van der Waals surface area (Å²) in [6, 6.07) is 7.09. The lowest BCUT2D eigenvalue weighted by molar-refractivity contribution is -0.145. The molecule has 112 valence electrons. The van der Waals surface area contributed by atoms with Gasteiger partial charge in [0.2, 0.25) is 0 Å². The van der Waals surface area contributed by atoms with E-state index < -0.39 is 0 Å². The molecule has 5 nitrogen and oxygen atoms in total. The zero-order chi connectivity index (χ0) is 14.6. The summed E-state index contributed by atoms with van der Waals surface area (Å²) in [5, 5.41) is 0. The van der Waals surface area contributed by atoms with Crippen LogP contribution in [0.4, 0.5) is 5.69 Å². The topological polar surface area (TPSA) is 70.8 Å². The zero-order valence-corrected chi connectivity index (χ0v) is 12.0. The van der Waals surface area contributed by atoms with Crippen molar-refractivity contribution in [3.63, 3.8) is 0 Å². The molecule has 2 N–H and O–H groups in total. The molecule has 0 fully saturated rings. The van der Waals surface area contributed by atoms with Crippen LogP contribution in [0.3, 0.4) is 0 Å². The first-order valence-electron chi connectivity index (χ1n) is 6.94. The summed E-state index contributed by atoms with van der Waals surface area (Å²) in [6.45, 7) is 3.83. The number of benzene rings is 1. The van der Waals surface area contributed by atoms with E-state index in [0.29, 0.717) is 31.3 Å². The van der Waals surface area contributed by atoms with Crippen LogP contribution in [0.15, 0.2) is 24.3 Å². The zero-order valence-electron chi connectivity index (χ0n) is 12.0. The van der Waals surface area contributed by atoms with E-state index in [-0.39, 0.29) is 19.0 Å². The second-order valence-corrected chi connectivity index (χ2v) is 4.36. The number of esters is 1. The van der Waals surface area contributed by atoms with E-state index in [1.54, 1.807) is 24.3 Å². The largest absolute Gasteiger partial charge is 0.493 e. The molecular formula is C15H23NO4. The Morgan fingerprint density at radius 1 is 1.20 bits per heavy atom. The number of hydrogen-bond acceptors (Lipinski definition) is 5. The lowest BCUT2D eigenvalue weighted by atomic mass is 10.3. The van der Waals surface area contributed by atoms with Gasteiger partial charge in [-0.1, -0.05) is 19.4 Å². The Balaban J connectivity index is 2.03. The molecule has 0 saturated carbocycles. The fourth-order valence-electron chi connectivity index (χ4n) is 1.49. The van der Waals surface area contributed by atoms with Crippen LogP contribution in [0.2, 0.25) is 0 Å². The third-order valence-electron chi connectivity index (χ3n) is 2.57. The van der Waals surface area contributed by atoms with E-state index in [1.165, 1.54) is 0 Å². The van der Waals surface area contributed by atoms with Crippen LogP contribution in [0.1, 0.15) is 26.2 Å². The highest BCUT2D eigenvalue weighted by atomic mass is 16.6. The first-order valence-corrected chi connectivity index (χ1v) is 6.94. The van der Waals surface area contributed by atoms with E-state index in [2.05, 4.69) is 6.92 Å². The van der Waals surface area contributed by atoms with Crippen molar-refractivity contribution in [2.24, 2.45) is 0 Å². The van der Waals surface area contributed by atoms with Gasteiger partial charge < -0.3 is 19.9 Å². The summed E-state index contributed by atoms with van der Waals surface area (Å²) in [4.78, 5) is 11.4. The first kappa shape index (κ1) is 16.3. The average Bonchev–Trinajstić information content (AvgIpc) is 2.43. The minimum atomic E-state index is -0.284. The normalized spacial score (nSPS) is 10.2. The number of nitrogen functional groups attached to an aromatic ring is 1. The number of carbonyl (C=O) groups excluding carboxylic acids is 1. The molecule has 0 radical (unpaired) electrons. The highest BCUT2D eigenvalue weighted by molar-refractivity contribution is 5.69. The molecular weight excluding hydrogens is 258 g/mol. The summed E-state index contributed by atoms with van der Waals surface area (Å²) in [5.74, 6) is 0.369. The Kier molecular flexibility index (Phi) is 8.22. The van der Waals surface area contributed by atoms with Crippen molar-refractivity contribution in [3.8, 4) is 5.75 Å². The molecule has 0 spiro atoms. The lowest BCUT2D eigenvalue weighted by Crippen LogP contribution is -2.13. The number of unbranched alkanes of at least 4 members (excludes halogenated alkanes) is 1. The third-order valence-corrected chi connectivity index (χ3v) is 2.57. The molecule has 1 rings (SSSR count). The monoisotopic (exact) mass is 281 g/mol. The minimum absolute atomic E-state index is 0.212. The standard InChI is InChI=1S/C15H23NO4/c1-2-3-8-18-10-11-20-15(17)7-9-19-14-6-4-5-13(16)12-14/h4-6,12H,2-3,7-11,16H2,1H3. The molecule has 0 unspecified atom stereocenters. The molecule has 0 amide bonds. The van der Waals surface area contributed by atoms with Gasteiger partial charge in [0.05, 0.1) is 19.6 Å². The molecule has 0 aliphatic rings. The van der Waals surface area contributed by atoms with Crippen LogP contribution in [-0.2, 0) is 14.3 Å². The predicted octanol–water partition coefficient (Wildman–Crippen LogP) is 2.40. The second kappa shape index (κ2) is 10.1. The maximum atomic E-state index is 11.4. The van der Waals surface area contributed by atoms with Crippen molar-refractivity contribution in [2.45, 2.75) is 26.2 Å². The first-order chi connectivity index (χ1) is 9.72. The maximum absolute atomic E-state index is 11.4. The SMILES string of the molecule is CCCCOCCOC(=O)CCOc1cccc(N)c1. The van der Waals surface area contributed by atoms with Crippen molar-refractivity contribution >= 4 is 11.7 Å². The molecule has 0 heterocycles. The van der Waals surface area contributed by atoms with Gasteiger partial charge in [-0.15, -0.1) is 0 Å². The van der Waals surface area contributed by atoms with Crippen molar-refractivity contribution in [2.75, 3.05) is 32.2 Å². The summed E-state index contributed by atoms with van der Waals surface area (Å²) in [6.07, 6.45) is 2.34. The molecule has 1 aromatic rings. The van der Waals surface area contributed by atoms with E-state index in [1.807, 2.05) is 0 Å². The quantitative estimate of drug-likeness (QED) is 0.405. The molecule has 5 heteroatoms. The summed E-state index contributed by atoms with van der Waals surface area (Å²) < 4.78 is 15.7. The van der Waals surface area contributed by atoms with Gasteiger partial charge in [0.15, 0.2) is 0 Å². The Hall–Kier alpha value is -1.75. The van der Waals surface area contributed by atoms with Gasteiger partial charge in [-0.3, -0.25) is 4.79 Å². The Labute approximate surface area is 120 Å². The van der Waals surface area contributed by atoms with E-state index >= 15 is 0 Å². The molecule has 0 aliphatic carbocycles. The number of hydrogen-bond donors (Lipinski definition) is 1. The highest BCUT2D eigenvalue weighted by Crippen LogP contribution is 2.14. The van der Waals surface area contributed by atoms with Crippen LogP contribution in [0, 0.1) is 0 Å². The fraction of sp³-hybridized carbons (Fsp3) is 0.533. The Morgan fingerprint density at radius 3 is 2.80 bits per heavy atom. The molecule has 20 heavy (non-hydrogen) atoms. The van der Waals surface area contributed by atoms with E-state index in [0.717, 1.165) is 12.8 Å². The number of carbonyl (C=O) groups is 1. The molecule has 0 aliphatic heterocycles. The van der Waals surface area contributed by atoms with Gasteiger partial charge in [0.1, 0.15) is 12.4 Å². The third kappa shape index (κ3) is 7.63. The smallest absolute Gasteiger partial charge is 0.309 e. The van der Waals surface area contributed by atoms with Gasteiger partial charge in [0.25, 0.3) is 0 Å². The van der Waals surface area contributed by atoms with Gasteiger partial charge in [-0.05, 0) is 18.6 Å². The average molecular weight is 281 g/mol. The lowest BCUT2D eigenvalue weighted by Gasteiger charge is -2.07. The van der Waals surface area contributed by atoms with Gasteiger partial charge in [-0.25, -0.2) is 0 Å². The van der Waals surface area contributed by atoms with Crippen LogP contribution in [0.5, 0.6) is 5.75 Å². The van der Waals surface area contributed by atoms with Crippen LogP contribution < -0.4 is 10.5 Å². The van der Waals surface area contributed by atoms with Crippen molar-refractivity contribution in [1.82, 2.24) is 0 Å². The van der Waals surface area contributed by atoms with Gasteiger partial charge in [0, 0.05) is 18.4 Å². The maximum Gasteiger partial charge on any atom is 0.309 e. The number of rotatable bonds is 10. The molecule has 0 aromatic heterocycles. The predicted molar refractivity (Wildman–Crippen MR) is 77.7 cm³/mol. The van der Waals surface area contributed by atoms with Gasteiger partial charge in [-0.2, -0.15) is 0 Å². The fourth-order valence-corrected chi connectivity index (χ4v) is 1.49.